The van der Waals surface area contributed by atoms with Crippen LogP contribution in [0.5, 0.6) is 0 Å². The molecule has 0 amide bonds. The number of hydrogen-bond donors (Lipinski definition) is 1. The van der Waals surface area contributed by atoms with Gasteiger partial charge in [-0.1, -0.05) is 0 Å². The molecule has 0 bridgehead atoms. The van der Waals surface area contributed by atoms with Gasteiger partial charge < -0.3 is 15.5 Å². The first kappa shape index (κ1) is 13.1. The Morgan fingerprint density at radius 3 is 2.85 bits per heavy atom. The maximum Gasteiger partial charge on any atom is 0.227 e. The van der Waals surface area contributed by atoms with Crippen molar-refractivity contribution in [2.45, 2.75) is 6.04 Å². The van der Waals surface area contributed by atoms with Crippen molar-refractivity contribution in [3.63, 3.8) is 0 Å². The number of fused-ring (bicyclic) bond motifs is 1. The van der Waals surface area contributed by atoms with Gasteiger partial charge in [-0.3, -0.25) is 4.90 Å². The van der Waals surface area contributed by atoms with E-state index in [1.807, 2.05) is 6.07 Å². The fourth-order valence-electron chi connectivity index (χ4n) is 2.92. The number of rotatable bonds is 1. The van der Waals surface area contributed by atoms with E-state index in [2.05, 4.69) is 31.7 Å². The highest BCUT2D eigenvalue weighted by Crippen LogP contribution is 2.19. The lowest BCUT2D eigenvalue weighted by molar-refractivity contribution is 0.0802. The van der Waals surface area contributed by atoms with Gasteiger partial charge in [0.15, 0.2) is 0 Å². The average Bonchev–Trinajstić information content (AvgIpc) is 2.46. The quantitative estimate of drug-likeness (QED) is 0.729. The number of anilines is 2. The number of nitrogens with zero attached hydrogens (tertiary/aromatic N) is 6. The van der Waals surface area contributed by atoms with Crippen LogP contribution in [0.1, 0.15) is 5.56 Å². The summed E-state index contributed by atoms with van der Waals surface area (Å²) in [7, 11) is 2.16. The number of nitrogen functional groups attached to an aromatic ring is 1. The molecular weight excluding hydrogens is 254 g/mol. The van der Waals surface area contributed by atoms with Crippen LogP contribution in [-0.2, 0) is 0 Å². The van der Waals surface area contributed by atoms with Crippen LogP contribution in [0.3, 0.4) is 0 Å². The molecule has 7 heteroatoms. The van der Waals surface area contributed by atoms with Gasteiger partial charge in [0.25, 0.3) is 0 Å². The highest BCUT2D eigenvalue weighted by molar-refractivity contribution is 5.50. The van der Waals surface area contributed by atoms with Gasteiger partial charge in [-0.2, -0.15) is 10.2 Å². The third-order valence-electron chi connectivity index (χ3n) is 4.10. The van der Waals surface area contributed by atoms with E-state index in [0.29, 0.717) is 17.6 Å². The van der Waals surface area contributed by atoms with Crippen molar-refractivity contribution in [3.8, 4) is 6.07 Å². The van der Waals surface area contributed by atoms with Crippen LogP contribution in [0.15, 0.2) is 6.20 Å². The highest BCUT2D eigenvalue weighted by atomic mass is 15.4. The van der Waals surface area contributed by atoms with Crippen molar-refractivity contribution < 1.29 is 0 Å². The first-order valence-corrected chi connectivity index (χ1v) is 6.87. The summed E-state index contributed by atoms with van der Waals surface area (Å²) in [5.41, 5.74) is 6.11. The van der Waals surface area contributed by atoms with E-state index in [0.717, 1.165) is 39.3 Å². The molecule has 2 aliphatic heterocycles. The Morgan fingerprint density at radius 2 is 2.10 bits per heavy atom. The second-order valence-corrected chi connectivity index (χ2v) is 5.48. The maximum absolute atomic E-state index is 8.87. The summed E-state index contributed by atoms with van der Waals surface area (Å²) >= 11 is 0. The number of likely N-dealkylation sites (N-methyl/N-ethyl adjacent to an activating group) is 1. The molecule has 20 heavy (non-hydrogen) atoms. The summed E-state index contributed by atoms with van der Waals surface area (Å²) in [6.07, 6.45) is 1.51. The molecule has 0 saturated carbocycles. The van der Waals surface area contributed by atoms with Crippen molar-refractivity contribution >= 4 is 11.8 Å². The van der Waals surface area contributed by atoms with Crippen LogP contribution in [0.25, 0.3) is 0 Å². The molecule has 2 N–H and O–H groups in total. The van der Waals surface area contributed by atoms with E-state index in [1.54, 1.807) is 0 Å². The minimum atomic E-state index is 0.265. The Bertz CT molecular complexity index is 538. The van der Waals surface area contributed by atoms with E-state index >= 15 is 0 Å². The standard InChI is InChI=1S/C13H19N7/c1-18-2-3-19-4-5-20(9-11(19)8-18)13-16-7-10(6-14)12(15)17-13/h7,11H,2-5,8-9H2,1H3,(H2,15,16,17)/t11-/m1/s1. The largest absolute Gasteiger partial charge is 0.382 e. The van der Waals surface area contributed by atoms with Gasteiger partial charge in [0.05, 0.1) is 6.20 Å². The summed E-state index contributed by atoms with van der Waals surface area (Å²) in [6, 6.07) is 2.51. The normalized spacial score (nSPS) is 24.2. The molecule has 0 spiro atoms. The minimum Gasteiger partial charge on any atom is -0.382 e. The fourth-order valence-corrected chi connectivity index (χ4v) is 2.92. The molecule has 1 aromatic rings. The number of piperazine rings is 2. The first-order valence-electron chi connectivity index (χ1n) is 6.87. The van der Waals surface area contributed by atoms with Crippen molar-refractivity contribution in [1.29, 1.82) is 5.26 Å². The lowest BCUT2D eigenvalue weighted by Crippen LogP contribution is -2.61. The molecule has 0 unspecified atom stereocenters. The Kier molecular flexibility index (Phi) is 3.42. The van der Waals surface area contributed by atoms with E-state index in [4.69, 9.17) is 11.0 Å². The lowest BCUT2D eigenvalue weighted by Gasteiger charge is -2.46. The average molecular weight is 273 g/mol. The van der Waals surface area contributed by atoms with Crippen LogP contribution >= 0.6 is 0 Å². The van der Waals surface area contributed by atoms with Gasteiger partial charge in [-0.15, -0.1) is 0 Å². The second kappa shape index (κ2) is 5.23. The third kappa shape index (κ3) is 2.40. The van der Waals surface area contributed by atoms with Crippen LogP contribution < -0.4 is 10.6 Å². The van der Waals surface area contributed by atoms with E-state index < -0.39 is 0 Å². The molecule has 0 aliphatic carbocycles. The molecule has 3 rings (SSSR count). The lowest BCUT2D eigenvalue weighted by atomic mass is 10.1. The SMILES string of the molecule is CN1CCN2CCN(c3ncc(C#N)c(N)n3)C[C@H]2C1. The van der Waals surface area contributed by atoms with Gasteiger partial charge in [0.1, 0.15) is 17.5 Å². The van der Waals surface area contributed by atoms with E-state index in [1.165, 1.54) is 6.20 Å². The van der Waals surface area contributed by atoms with E-state index in [9.17, 15) is 0 Å². The number of aromatic nitrogens is 2. The monoisotopic (exact) mass is 273 g/mol. The summed E-state index contributed by atoms with van der Waals surface area (Å²) in [5.74, 6) is 0.898. The zero-order chi connectivity index (χ0) is 14.1. The zero-order valence-corrected chi connectivity index (χ0v) is 11.7. The third-order valence-corrected chi connectivity index (χ3v) is 4.10. The van der Waals surface area contributed by atoms with Crippen molar-refractivity contribution in [2.24, 2.45) is 0 Å². The molecule has 7 nitrogen and oxygen atoms in total. The predicted molar refractivity (Wildman–Crippen MR) is 76.2 cm³/mol. The molecule has 1 aromatic heterocycles. The summed E-state index contributed by atoms with van der Waals surface area (Å²) in [4.78, 5) is 15.6. The summed E-state index contributed by atoms with van der Waals surface area (Å²) in [6.45, 7) is 6.19. The zero-order valence-electron chi connectivity index (χ0n) is 11.7. The first-order chi connectivity index (χ1) is 9.67. The fraction of sp³-hybridized carbons (Fsp3) is 0.615. The maximum atomic E-state index is 8.87. The molecule has 1 atom stereocenters. The number of hydrogen-bond acceptors (Lipinski definition) is 7. The predicted octanol–water partition coefficient (Wildman–Crippen LogP) is -0.634. The Morgan fingerprint density at radius 1 is 1.30 bits per heavy atom. The topological polar surface area (TPSA) is 85.3 Å². The van der Waals surface area contributed by atoms with Crippen molar-refractivity contribution in [2.75, 3.05) is 56.9 Å². The Hall–Kier alpha value is -1.91. The van der Waals surface area contributed by atoms with Gasteiger partial charge in [0.2, 0.25) is 5.95 Å². The molecule has 106 valence electrons. The number of nitrogens with two attached hydrogens (primary N) is 1. The molecule has 0 aromatic carbocycles. The van der Waals surface area contributed by atoms with Gasteiger partial charge in [-0.05, 0) is 7.05 Å². The molecule has 2 fully saturated rings. The molecule has 2 saturated heterocycles. The van der Waals surface area contributed by atoms with Gasteiger partial charge >= 0.3 is 0 Å². The van der Waals surface area contributed by atoms with Gasteiger partial charge in [0, 0.05) is 45.3 Å². The Balaban J connectivity index is 1.75. The van der Waals surface area contributed by atoms with Crippen LogP contribution in [0, 0.1) is 11.3 Å². The van der Waals surface area contributed by atoms with Crippen molar-refractivity contribution in [3.05, 3.63) is 11.8 Å². The summed E-state index contributed by atoms with van der Waals surface area (Å²) in [5, 5.41) is 8.87. The van der Waals surface area contributed by atoms with Crippen molar-refractivity contribution in [1.82, 2.24) is 19.8 Å². The number of nitriles is 1. The summed E-state index contributed by atoms with van der Waals surface area (Å²) < 4.78 is 0. The minimum absolute atomic E-state index is 0.265. The van der Waals surface area contributed by atoms with Crippen LogP contribution in [-0.4, -0.2) is 72.1 Å². The second-order valence-electron chi connectivity index (χ2n) is 5.48. The molecule has 0 radical (unpaired) electrons. The Labute approximate surface area is 118 Å². The molecule has 3 heterocycles. The van der Waals surface area contributed by atoms with Crippen LogP contribution in [0.4, 0.5) is 11.8 Å². The molecular formula is C13H19N7. The smallest absolute Gasteiger partial charge is 0.227 e. The van der Waals surface area contributed by atoms with Crippen LogP contribution in [0.2, 0.25) is 0 Å². The molecule has 2 aliphatic rings. The highest BCUT2D eigenvalue weighted by Gasteiger charge is 2.31. The van der Waals surface area contributed by atoms with E-state index in [-0.39, 0.29) is 5.82 Å². The van der Waals surface area contributed by atoms with Gasteiger partial charge in [-0.25, -0.2) is 4.98 Å².